The summed E-state index contributed by atoms with van der Waals surface area (Å²) in [5, 5.41) is 0. The molecule has 1 saturated carbocycles. The lowest BCUT2D eigenvalue weighted by atomic mass is 9.87. The normalized spacial score (nSPS) is 45.0. The molecule has 9 heavy (non-hydrogen) atoms. The van der Waals surface area contributed by atoms with E-state index in [0.29, 0.717) is 6.04 Å². The van der Waals surface area contributed by atoms with Crippen molar-refractivity contribution >= 4 is 22.6 Å². The Hall–Kier alpha value is 0.690. The van der Waals surface area contributed by atoms with Gasteiger partial charge in [-0.05, 0) is 25.2 Å². The topological polar surface area (TPSA) is 26.0 Å². The van der Waals surface area contributed by atoms with Gasteiger partial charge in [0.1, 0.15) is 0 Å². The standard InChI is InChI=1S/C7H14IN/c1-5-4-6(8)2-3-7(5)9/h5-7H,2-4,9H2,1H3. The lowest BCUT2D eigenvalue weighted by Gasteiger charge is -2.28. The van der Waals surface area contributed by atoms with E-state index >= 15 is 0 Å². The molecule has 0 aliphatic heterocycles. The summed E-state index contributed by atoms with van der Waals surface area (Å²) in [5.41, 5.74) is 5.84. The van der Waals surface area contributed by atoms with Gasteiger partial charge in [0.05, 0.1) is 0 Å². The number of rotatable bonds is 0. The summed E-state index contributed by atoms with van der Waals surface area (Å²) in [5.74, 6) is 0.751. The Morgan fingerprint density at radius 1 is 1.44 bits per heavy atom. The van der Waals surface area contributed by atoms with E-state index in [0.717, 1.165) is 9.84 Å². The molecule has 1 aliphatic rings. The number of nitrogens with two attached hydrogens (primary N) is 1. The van der Waals surface area contributed by atoms with Gasteiger partial charge in [-0.1, -0.05) is 29.5 Å². The van der Waals surface area contributed by atoms with Crippen LogP contribution in [0.25, 0.3) is 0 Å². The molecule has 0 aromatic heterocycles. The molecule has 0 amide bonds. The van der Waals surface area contributed by atoms with Gasteiger partial charge in [-0.15, -0.1) is 0 Å². The minimum Gasteiger partial charge on any atom is -0.327 e. The third-order valence-electron chi connectivity index (χ3n) is 2.17. The molecule has 3 atom stereocenters. The highest BCUT2D eigenvalue weighted by Gasteiger charge is 2.22. The van der Waals surface area contributed by atoms with Gasteiger partial charge in [0.15, 0.2) is 0 Å². The Balaban J connectivity index is 2.35. The molecule has 1 rings (SSSR count). The van der Waals surface area contributed by atoms with Crippen LogP contribution in [0.1, 0.15) is 26.2 Å². The average molecular weight is 239 g/mol. The molecule has 0 aromatic rings. The highest BCUT2D eigenvalue weighted by molar-refractivity contribution is 14.1. The first-order chi connectivity index (χ1) is 4.20. The van der Waals surface area contributed by atoms with Crippen LogP contribution in [0.5, 0.6) is 0 Å². The van der Waals surface area contributed by atoms with Gasteiger partial charge in [0, 0.05) is 9.97 Å². The van der Waals surface area contributed by atoms with Gasteiger partial charge in [-0.25, -0.2) is 0 Å². The Morgan fingerprint density at radius 3 is 2.56 bits per heavy atom. The predicted molar refractivity (Wildman–Crippen MR) is 48.8 cm³/mol. The summed E-state index contributed by atoms with van der Waals surface area (Å²) in [4.78, 5) is 0. The summed E-state index contributed by atoms with van der Waals surface area (Å²) in [6.45, 7) is 2.26. The Bertz CT molecular complexity index is 94.9. The lowest BCUT2D eigenvalue weighted by molar-refractivity contribution is 0.345. The Morgan fingerprint density at radius 2 is 2.11 bits per heavy atom. The van der Waals surface area contributed by atoms with Crippen LogP contribution in [0.3, 0.4) is 0 Å². The van der Waals surface area contributed by atoms with Crippen LogP contribution >= 0.6 is 22.6 Å². The van der Waals surface area contributed by atoms with E-state index in [1.54, 1.807) is 0 Å². The Labute approximate surface area is 70.5 Å². The molecule has 0 spiro atoms. The number of alkyl halides is 1. The van der Waals surface area contributed by atoms with Crippen molar-refractivity contribution < 1.29 is 0 Å². The molecule has 0 aromatic carbocycles. The summed E-state index contributed by atoms with van der Waals surface area (Å²) >= 11 is 2.53. The van der Waals surface area contributed by atoms with Crippen LogP contribution in [-0.2, 0) is 0 Å². The molecular formula is C7H14IN. The fraction of sp³-hybridized carbons (Fsp3) is 1.00. The van der Waals surface area contributed by atoms with E-state index < -0.39 is 0 Å². The molecule has 3 unspecified atom stereocenters. The fourth-order valence-electron chi connectivity index (χ4n) is 1.35. The summed E-state index contributed by atoms with van der Waals surface area (Å²) in [6, 6.07) is 0.482. The van der Waals surface area contributed by atoms with Crippen LogP contribution in [0.15, 0.2) is 0 Å². The van der Waals surface area contributed by atoms with E-state index in [-0.39, 0.29) is 0 Å². The van der Waals surface area contributed by atoms with Crippen molar-refractivity contribution in [1.82, 2.24) is 0 Å². The molecule has 54 valence electrons. The molecule has 0 saturated heterocycles. The number of hydrogen-bond acceptors (Lipinski definition) is 1. The number of halogens is 1. The quantitative estimate of drug-likeness (QED) is 0.507. The van der Waals surface area contributed by atoms with E-state index in [1.165, 1.54) is 19.3 Å². The van der Waals surface area contributed by atoms with Crippen molar-refractivity contribution in [2.24, 2.45) is 11.7 Å². The van der Waals surface area contributed by atoms with Crippen LogP contribution in [-0.4, -0.2) is 9.97 Å². The second kappa shape index (κ2) is 3.19. The molecule has 1 nitrogen and oxygen atoms in total. The largest absolute Gasteiger partial charge is 0.327 e. The zero-order chi connectivity index (χ0) is 6.85. The third-order valence-corrected chi connectivity index (χ3v) is 3.30. The van der Waals surface area contributed by atoms with Crippen molar-refractivity contribution in [1.29, 1.82) is 0 Å². The summed E-state index contributed by atoms with van der Waals surface area (Å²) in [7, 11) is 0. The molecule has 2 N–H and O–H groups in total. The maximum absolute atomic E-state index is 5.84. The summed E-state index contributed by atoms with van der Waals surface area (Å²) in [6.07, 6.45) is 3.88. The van der Waals surface area contributed by atoms with Gasteiger partial charge < -0.3 is 5.73 Å². The van der Waals surface area contributed by atoms with Gasteiger partial charge >= 0.3 is 0 Å². The molecule has 2 heteroatoms. The van der Waals surface area contributed by atoms with E-state index in [1.807, 2.05) is 0 Å². The predicted octanol–water partition coefficient (Wildman–Crippen LogP) is 1.94. The van der Waals surface area contributed by atoms with Crippen molar-refractivity contribution in [2.75, 3.05) is 0 Å². The van der Waals surface area contributed by atoms with Crippen molar-refractivity contribution in [2.45, 2.75) is 36.2 Å². The Kier molecular flexibility index (Phi) is 2.76. The first-order valence-electron chi connectivity index (χ1n) is 3.60. The van der Waals surface area contributed by atoms with Crippen LogP contribution in [0.2, 0.25) is 0 Å². The third kappa shape index (κ3) is 2.08. The SMILES string of the molecule is CC1CC(I)CCC1N. The van der Waals surface area contributed by atoms with Crippen molar-refractivity contribution in [3.63, 3.8) is 0 Å². The first kappa shape index (κ1) is 7.79. The minimum absolute atomic E-state index is 0.482. The van der Waals surface area contributed by atoms with E-state index in [4.69, 9.17) is 5.73 Å². The molecule has 0 heterocycles. The second-order valence-corrected chi connectivity index (χ2v) is 4.81. The zero-order valence-electron chi connectivity index (χ0n) is 5.81. The molecule has 0 radical (unpaired) electrons. The van der Waals surface area contributed by atoms with Crippen LogP contribution in [0.4, 0.5) is 0 Å². The maximum atomic E-state index is 5.84. The van der Waals surface area contributed by atoms with E-state index in [9.17, 15) is 0 Å². The highest BCUT2D eigenvalue weighted by atomic mass is 127. The lowest BCUT2D eigenvalue weighted by Crippen LogP contribution is -2.34. The average Bonchev–Trinajstić information content (AvgIpc) is 1.80. The monoisotopic (exact) mass is 239 g/mol. The van der Waals surface area contributed by atoms with Gasteiger partial charge in [0.2, 0.25) is 0 Å². The molecule has 1 fully saturated rings. The van der Waals surface area contributed by atoms with Crippen molar-refractivity contribution in [3.05, 3.63) is 0 Å². The zero-order valence-corrected chi connectivity index (χ0v) is 7.97. The van der Waals surface area contributed by atoms with E-state index in [2.05, 4.69) is 29.5 Å². The van der Waals surface area contributed by atoms with Gasteiger partial charge in [0.25, 0.3) is 0 Å². The highest BCUT2D eigenvalue weighted by Crippen LogP contribution is 2.27. The van der Waals surface area contributed by atoms with Gasteiger partial charge in [-0.2, -0.15) is 0 Å². The minimum atomic E-state index is 0.482. The maximum Gasteiger partial charge on any atom is 0.0113 e. The summed E-state index contributed by atoms with van der Waals surface area (Å²) < 4.78 is 0.886. The molecule has 0 bridgehead atoms. The van der Waals surface area contributed by atoms with Crippen LogP contribution in [0, 0.1) is 5.92 Å². The van der Waals surface area contributed by atoms with Crippen molar-refractivity contribution in [3.8, 4) is 0 Å². The second-order valence-electron chi connectivity index (χ2n) is 3.05. The molecular weight excluding hydrogens is 225 g/mol. The molecule has 1 aliphatic carbocycles. The fourth-order valence-corrected chi connectivity index (χ4v) is 2.52. The smallest absolute Gasteiger partial charge is 0.0113 e. The van der Waals surface area contributed by atoms with Gasteiger partial charge in [-0.3, -0.25) is 0 Å². The first-order valence-corrected chi connectivity index (χ1v) is 4.84. The number of hydrogen-bond donors (Lipinski definition) is 1. The van der Waals surface area contributed by atoms with Crippen LogP contribution < -0.4 is 5.73 Å².